The zero-order chi connectivity index (χ0) is 21.3. The fourth-order valence-electron chi connectivity index (χ4n) is 3.40. The van der Waals surface area contributed by atoms with Gasteiger partial charge >= 0.3 is 0 Å². The Bertz CT molecular complexity index is 1090. The molecule has 154 valence electrons. The lowest BCUT2D eigenvalue weighted by atomic mass is 10.0. The minimum atomic E-state index is -3.10. The van der Waals surface area contributed by atoms with E-state index in [9.17, 15) is 13.6 Å². The fraction of sp³-hybridized carbons (Fsp3) is 0.227. The summed E-state index contributed by atoms with van der Waals surface area (Å²) < 4.78 is 34.6. The maximum atomic E-state index is 14.5. The van der Waals surface area contributed by atoms with E-state index >= 15 is 0 Å². The standard InChI is InChI=1S/C22H20F2N4O2/c1-3-14-9-10-19(25-15(14)4-2)30-18-13-28(12-11-22(18,23)24)21(29)20-26-16-7-5-6-8-17(16)27-20/h3-10,18H,1-2,11-13H2,(H,26,27). The van der Waals surface area contributed by atoms with Crippen LogP contribution in [0.2, 0.25) is 0 Å². The number of benzene rings is 1. The molecule has 8 heteroatoms. The third-order valence-corrected chi connectivity index (χ3v) is 5.06. The highest BCUT2D eigenvalue weighted by Gasteiger charge is 2.47. The van der Waals surface area contributed by atoms with Crippen LogP contribution in [0, 0.1) is 0 Å². The first kappa shape index (κ1) is 19.8. The molecule has 3 heterocycles. The van der Waals surface area contributed by atoms with Gasteiger partial charge in [0.1, 0.15) is 0 Å². The second-order valence-electron chi connectivity index (χ2n) is 7.00. The highest BCUT2D eigenvalue weighted by molar-refractivity contribution is 5.94. The van der Waals surface area contributed by atoms with Gasteiger partial charge in [0.2, 0.25) is 5.88 Å². The Morgan fingerprint density at radius 1 is 1.20 bits per heavy atom. The van der Waals surface area contributed by atoms with Crippen LogP contribution >= 0.6 is 0 Å². The molecule has 1 N–H and O–H groups in total. The molecule has 0 saturated carbocycles. The minimum absolute atomic E-state index is 0.0400. The molecule has 1 atom stereocenters. The number of rotatable bonds is 5. The molecule has 1 unspecified atom stereocenters. The maximum Gasteiger partial charge on any atom is 0.289 e. The third kappa shape index (κ3) is 3.68. The van der Waals surface area contributed by atoms with E-state index in [-0.39, 0.29) is 24.8 Å². The molecule has 1 saturated heterocycles. The van der Waals surface area contributed by atoms with E-state index < -0.39 is 24.4 Å². The van der Waals surface area contributed by atoms with E-state index in [0.29, 0.717) is 16.7 Å². The SMILES string of the molecule is C=Cc1ccc(OC2CN(C(=O)c3nc4ccccc4[nH]3)CCC2(F)F)nc1C=C. The average Bonchev–Trinajstić information content (AvgIpc) is 3.19. The van der Waals surface area contributed by atoms with Gasteiger partial charge in [0.15, 0.2) is 11.9 Å². The lowest BCUT2D eigenvalue weighted by Gasteiger charge is -2.37. The Morgan fingerprint density at radius 2 is 2.00 bits per heavy atom. The molecule has 0 radical (unpaired) electrons. The molecule has 1 amide bonds. The number of carbonyl (C=O) groups is 1. The number of nitrogens with zero attached hydrogens (tertiary/aromatic N) is 3. The second-order valence-corrected chi connectivity index (χ2v) is 7.00. The van der Waals surface area contributed by atoms with Crippen LogP contribution in [0.5, 0.6) is 5.88 Å². The molecule has 1 aromatic carbocycles. The monoisotopic (exact) mass is 410 g/mol. The topological polar surface area (TPSA) is 71.1 Å². The number of halogens is 2. The summed E-state index contributed by atoms with van der Waals surface area (Å²) in [7, 11) is 0. The quantitative estimate of drug-likeness (QED) is 0.685. The van der Waals surface area contributed by atoms with Crippen molar-refractivity contribution in [2.24, 2.45) is 0 Å². The summed E-state index contributed by atoms with van der Waals surface area (Å²) in [6.07, 6.45) is 1.05. The van der Waals surface area contributed by atoms with E-state index in [2.05, 4.69) is 28.1 Å². The summed E-state index contributed by atoms with van der Waals surface area (Å²) in [5.74, 6) is -3.39. The lowest BCUT2D eigenvalue weighted by molar-refractivity contribution is -0.131. The molecule has 4 rings (SSSR count). The van der Waals surface area contributed by atoms with Crippen LogP contribution in [0.1, 0.15) is 28.3 Å². The predicted octanol–water partition coefficient (Wildman–Crippen LogP) is 4.17. The Kier molecular flexibility index (Phi) is 5.07. The molecule has 0 bridgehead atoms. The van der Waals surface area contributed by atoms with Crippen molar-refractivity contribution in [2.75, 3.05) is 13.1 Å². The van der Waals surface area contributed by atoms with Gasteiger partial charge in [0.05, 0.1) is 23.3 Å². The highest BCUT2D eigenvalue weighted by atomic mass is 19.3. The fourth-order valence-corrected chi connectivity index (χ4v) is 3.40. The number of aromatic nitrogens is 3. The smallest absolute Gasteiger partial charge is 0.289 e. The van der Waals surface area contributed by atoms with Gasteiger partial charge in [-0.2, -0.15) is 0 Å². The number of nitrogens with one attached hydrogen (secondary N) is 1. The number of pyridine rings is 1. The summed E-state index contributed by atoms with van der Waals surface area (Å²) in [5.41, 5.74) is 2.55. The van der Waals surface area contributed by atoms with Gasteiger partial charge in [-0.1, -0.05) is 31.4 Å². The van der Waals surface area contributed by atoms with Gasteiger partial charge < -0.3 is 14.6 Å². The molecule has 1 fully saturated rings. The number of hydrogen-bond donors (Lipinski definition) is 1. The van der Waals surface area contributed by atoms with E-state index in [1.165, 1.54) is 17.0 Å². The van der Waals surface area contributed by atoms with Crippen LogP contribution in [0.25, 0.3) is 23.2 Å². The Balaban J connectivity index is 1.55. The number of imidazole rings is 1. The highest BCUT2D eigenvalue weighted by Crippen LogP contribution is 2.32. The summed E-state index contributed by atoms with van der Waals surface area (Å²) in [4.78, 5) is 25.6. The van der Waals surface area contributed by atoms with Crippen LogP contribution in [0.3, 0.4) is 0 Å². The van der Waals surface area contributed by atoms with Gasteiger partial charge in [-0.3, -0.25) is 4.79 Å². The number of piperidine rings is 1. The normalized spacial score (nSPS) is 18.2. The zero-order valence-corrected chi connectivity index (χ0v) is 16.1. The summed E-state index contributed by atoms with van der Waals surface area (Å²) in [6.45, 7) is 6.97. The number of fused-ring (bicyclic) bond motifs is 1. The predicted molar refractivity (Wildman–Crippen MR) is 110 cm³/mol. The number of carbonyl (C=O) groups excluding carboxylic acids is 1. The van der Waals surface area contributed by atoms with Gasteiger partial charge in [-0.15, -0.1) is 0 Å². The maximum absolute atomic E-state index is 14.5. The van der Waals surface area contributed by atoms with Gasteiger partial charge in [0.25, 0.3) is 11.8 Å². The molecule has 0 aliphatic carbocycles. The summed E-state index contributed by atoms with van der Waals surface area (Å²) in [5, 5.41) is 0. The number of hydrogen-bond acceptors (Lipinski definition) is 4. The van der Waals surface area contributed by atoms with Crippen LogP contribution in [0.4, 0.5) is 8.78 Å². The molecule has 1 aliphatic heterocycles. The van der Waals surface area contributed by atoms with Crippen molar-refractivity contribution in [3.05, 3.63) is 66.6 Å². The van der Waals surface area contributed by atoms with Crippen molar-refractivity contribution in [3.63, 3.8) is 0 Å². The molecular weight excluding hydrogens is 390 g/mol. The lowest BCUT2D eigenvalue weighted by Crippen LogP contribution is -2.55. The van der Waals surface area contributed by atoms with Crippen LogP contribution in [0.15, 0.2) is 49.6 Å². The average molecular weight is 410 g/mol. The number of aromatic amines is 1. The van der Waals surface area contributed by atoms with E-state index in [4.69, 9.17) is 4.74 Å². The summed E-state index contributed by atoms with van der Waals surface area (Å²) in [6, 6.07) is 10.4. The zero-order valence-electron chi connectivity index (χ0n) is 16.1. The molecule has 2 aromatic heterocycles. The Morgan fingerprint density at radius 3 is 2.73 bits per heavy atom. The van der Waals surface area contributed by atoms with E-state index in [1.54, 1.807) is 24.3 Å². The molecular formula is C22H20F2N4O2. The Labute approximate surface area is 171 Å². The van der Waals surface area contributed by atoms with Gasteiger partial charge in [-0.05, 0) is 29.8 Å². The van der Waals surface area contributed by atoms with Crippen LogP contribution < -0.4 is 4.74 Å². The number of para-hydroxylation sites is 2. The summed E-state index contributed by atoms with van der Waals surface area (Å²) >= 11 is 0. The van der Waals surface area contributed by atoms with Crippen molar-refractivity contribution < 1.29 is 18.3 Å². The minimum Gasteiger partial charge on any atom is -0.466 e. The second kappa shape index (κ2) is 7.70. The first-order valence-electron chi connectivity index (χ1n) is 9.45. The van der Waals surface area contributed by atoms with Crippen LogP contribution in [-0.2, 0) is 0 Å². The molecule has 30 heavy (non-hydrogen) atoms. The molecule has 0 spiro atoms. The van der Waals surface area contributed by atoms with Crippen molar-refractivity contribution in [1.29, 1.82) is 0 Å². The number of amides is 1. The molecule has 3 aromatic rings. The number of alkyl halides is 2. The van der Waals surface area contributed by atoms with E-state index in [0.717, 1.165) is 5.56 Å². The van der Waals surface area contributed by atoms with Crippen molar-refractivity contribution in [2.45, 2.75) is 18.4 Å². The van der Waals surface area contributed by atoms with Crippen molar-refractivity contribution in [1.82, 2.24) is 19.9 Å². The number of H-pyrrole nitrogens is 1. The number of ether oxygens (including phenoxy) is 1. The third-order valence-electron chi connectivity index (χ3n) is 5.06. The van der Waals surface area contributed by atoms with E-state index in [1.807, 2.05) is 12.1 Å². The van der Waals surface area contributed by atoms with Crippen LogP contribution in [-0.4, -0.2) is 50.9 Å². The largest absolute Gasteiger partial charge is 0.466 e. The Hall–Kier alpha value is -3.55. The van der Waals surface area contributed by atoms with Gasteiger partial charge in [-0.25, -0.2) is 18.7 Å². The van der Waals surface area contributed by atoms with Gasteiger partial charge in [0, 0.05) is 19.0 Å². The number of likely N-dealkylation sites (tertiary alicyclic amines) is 1. The molecule has 6 nitrogen and oxygen atoms in total. The van der Waals surface area contributed by atoms with Crippen molar-refractivity contribution in [3.8, 4) is 5.88 Å². The molecule has 1 aliphatic rings. The first-order valence-corrected chi connectivity index (χ1v) is 9.45. The van der Waals surface area contributed by atoms with Crippen molar-refractivity contribution >= 4 is 29.1 Å². The first-order chi connectivity index (χ1) is 14.4.